The molecule has 0 bridgehead atoms. The van der Waals surface area contributed by atoms with Crippen LogP contribution in [-0.2, 0) is 11.5 Å². The molecule has 1 aromatic heterocycles. The number of ether oxygens (including phenoxy) is 1. The minimum atomic E-state index is -0.984. The highest BCUT2D eigenvalue weighted by Crippen LogP contribution is 2.07. The van der Waals surface area contributed by atoms with E-state index in [1.54, 1.807) is 10.9 Å². The Morgan fingerprint density at radius 2 is 2.27 bits per heavy atom. The van der Waals surface area contributed by atoms with Crippen LogP contribution in [0.2, 0.25) is 25.7 Å². The van der Waals surface area contributed by atoms with Gasteiger partial charge < -0.3 is 4.74 Å². The number of hydrogen-bond donors (Lipinski definition) is 0. The first-order valence-electron chi connectivity index (χ1n) is 5.08. The quantitative estimate of drug-likeness (QED) is 0.434. The highest BCUT2D eigenvalue weighted by molar-refractivity contribution is 6.76. The first kappa shape index (κ1) is 12.0. The van der Waals surface area contributed by atoms with Crippen molar-refractivity contribution in [2.45, 2.75) is 32.4 Å². The Morgan fingerprint density at radius 1 is 1.53 bits per heavy atom. The van der Waals surface area contributed by atoms with E-state index in [-0.39, 0.29) is 0 Å². The van der Waals surface area contributed by atoms with Crippen LogP contribution in [-0.4, -0.2) is 24.5 Å². The Hall–Kier alpha value is -1.05. The molecule has 0 amide bonds. The van der Waals surface area contributed by atoms with Crippen molar-refractivity contribution >= 4 is 8.07 Å². The number of terminal acetylenes is 1. The van der Waals surface area contributed by atoms with Crippen molar-refractivity contribution in [3.05, 3.63) is 18.0 Å². The zero-order valence-corrected chi connectivity index (χ0v) is 10.7. The number of hydrogen-bond acceptors (Lipinski definition) is 2. The van der Waals surface area contributed by atoms with Gasteiger partial charge in [0.2, 0.25) is 0 Å². The van der Waals surface area contributed by atoms with Crippen LogP contribution in [0.5, 0.6) is 0 Å². The Labute approximate surface area is 92.5 Å². The van der Waals surface area contributed by atoms with E-state index in [4.69, 9.17) is 11.2 Å². The summed E-state index contributed by atoms with van der Waals surface area (Å²) in [5, 5.41) is 4.08. The summed E-state index contributed by atoms with van der Waals surface area (Å²) in [6.07, 6.45) is 8.72. The highest BCUT2D eigenvalue weighted by Gasteiger charge is 2.11. The Kier molecular flexibility index (Phi) is 4.12. The lowest BCUT2D eigenvalue weighted by atomic mass is 10.4. The SMILES string of the molecule is C#Cc1cnn(COCC[Si](C)(C)C)c1. The van der Waals surface area contributed by atoms with Gasteiger partial charge in [0.1, 0.15) is 6.73 Å². The fourth-order valence-corrected chi connectivity index (χ4v) is 1.80. The average molecular weight is 222 g/mol. The van der Waals surface area contributed by atoms with Gasteiger partial charge in [-0.1, -0.05) is 25.6 Å². The predicted octanol–water partition coefficient (Wildman–Crippen LogP) is 2.18. The molecule has 82 valence electrons. The van der Waals surface area contributed by atoms with Crippen molar-refractivity contribution in [3.8, 4) is 12.3 Å². The minimum absolute atomic E-state index is 0.492. The molecule has 0 aromatic carbocycles. The van der Waals surface area contributed by atoms with Crippen molar-refractivity contribution < 1.29 is 4.74 Å². The van der Waals surface area contributed by atoms with E-state index in [0.29, 0.717) is 6.73 Å². The maximum Gasteiger partial charge on any atom is 0.139 e. The number of nitrogens with zero attached hydrogens (tertiary/aromatic N) is 2. The number of rotatable bonds is 5. The van der Waals surface area contributed by atoms with E-state index in [1.165, 1.54) is 6.04 Å². The first-order chi connectivity index (χ1) is 7.01. The first-order valence-corrected chi connectivity index (χ1v) is 8.79. The second-order valence-corrected chi connectivity index (χ2v) is 10.4. The Balaban J connectivity index is 2.24. The van der Waals surface area contributed by atoms with Crippen LogP contribution in [0.15, 0.2) is 12.4 Å². The van der Waals surface area contributed by atoms with Crippen molar-refractivity contribution in [1.29, 1.82) is 0 Å². The van der Waals surface area contributed by atoms with Crippen LogP contribution >= 0.6 is 0 Å². The molecule has 0 aliphatic rings. The smallest absolute Gasteiger partial charge is 0.139 e. The van der Waals surface area contributed by atoms with E-state index in [2.05, 4.69) is 30.7 Å². The molecule has 1 rings (SSSR count). The van der Waals surface area contributed by atoms with Gasteiger partial charge in [-0.2, -0.15) is 5.10 Å². The molecule has 0 aliphatic carbocycles. The molecule has 1 heterocycles. The van der Waals surface area contributed by atoms with Crippen molar-refractivity contribution in [3.63, 3.8) is 0 Å². The van der Waals surface area contributed by atoms with Gasteiger partial charge >= 0.3 is 0 Å². The third-order valence-electron chi connectivity index (χ3n) is 2.02. The van der Waals surface area contributed by atoms with Crippen LogP contribution in [0.1, 0.15) is 5.56 Å². The molecular formula is C11H18N2OSi. The van der Waals surface area contributed by atoms with E-state index in [1.807, 2.05) is 6.20 Å². The molecule has 3 nitrogen and oxygen atoms in total. The molecule has 1 aromatic rings. The van der Waals surface area contributed by atoms with Crippen molar-refractivity contribution in [1.82, 2.24) is 9.78 Å². The normalized spacial score (nSPS) is 11.3. The third kappa shape index (κ3) is 4.82. The standard InChI is InChI=1S/C11H18N2OSi/c1-5-11-8-12-13(9-11)10-14-6-7-15(2,3)4/h1,8-9H,6-7,10H2,2-4H3. The molecule has 0 unspecified atom stereocenters. The Morgan fingerprint density at radius 3 is 2.80 bits per heavy atom. The summed E-state index contributed by atoms with van der Waals surface area (Å²) in [6, 6.07) is 1.18. The zero-order valence-electron chi connectivity index (χ0n) is 9.66. The van der Waals surface area contributed by atoms with Crippen LogP contribution in [0.25, 0.3) is 0 Å². The predicted molar refractivity (Wildman–Crippen MR) is 64.3 cm³/mol. The summed E-state index contributed by atoms with van der Waals surface area (Å²) >= 11 is 0. The van der Waals surface area contributed by atoms with E-state index in [9.17, 15) is 0 Å². The lowest BCUT2D eigenvalue weighted by Gasteiger charge is -2.15. The molecule has 0 radical (unpaired) electrons. The largest absolute Gasteiger partial charge is 0.360 e. The molecule has 0 aliphatic heterocycles. The lowest BCUT2D eigenvalue weighted by Crippen LogP contribution is -2.22. The van der Waals surface area contributed by atoms with Gasteiger partial charge in [0.25, 0.3) is 0 Å². The van der Waals surface area contributed by atoms with Crippen molar-refractivity contribution in [2.24, 2.45) is 0 Å². The van der Waals surface area contributed by atoms with Gasteiger partial charge in [-0.3, -0.25) is 0 Å². The zero-order chi connectivity index (χ0) is 11.3. The fourth-order valence-electron chi connectivity index (χ4n) is 1.05. The monoisotopic (exact) mass is 222 g/mol. The second kappa shape index (κ2) is 5.15. The fraction of sp³-hybridized carbons (Fsp3) is 0.545. The van der Waals surface area contributed by atoms with Gasteiger partial charge in [-0.15, -0.1) is 6.42 Å². The molecule has 0 spiro atoms. The molecule has 15 heavy (non-hydrogen) atoms. The van der Waals surface area contributed by atoms with E-state index in [0.717, 1.165) is 12.2 Å². The molecule has 0 saturated heterocycles. The minimum Gasteiger partial charge on any atom is -0.360 e. The summed E-state index contributed by atoms with van der Waals surface area (Å²) in [5.74, 6) is 2.53. The van der Waals surface area contributed by atoms with Gasteiger partial charge in [-0.05, 0) is 6.04 Å². The maximum atomic E-state index is 5.52. The van der Waals surface area contributed by atoms with Gasteiger partial charge in [0, 0.05) is 20.9 Å². The van der Waals surface area contributed by atoms with Gasteiger partial charge in [-0.25, -0.2) is 4.68 Å². The van der Waals surface area contributed by atoms with Gasteiger partial charge in [0.05, 0.1) is 11.8 Å². The highest BCUT2D eigenvalue weighted by atomic mass is 28.3. The molecule has 4 heteroatoms. The molecule has 0 fully saturated rings. The second-order valence-electron chi connectivity index (χ2n) is 4.76. The lowest BCUT2D eigenvalue weighted by molar-refractivity contribution is 0.0786. The molecule has 0 saturated carbocycles. The Bertz CT molecular complexity index is 346. The van der Waals surface area contributed by atoms with Crippen LogP contribution in [0.3, 0.4) is 0 Å². The summed E-state index contributed by atoms with van der Waals surface area (Å²) < 4.78 is 7.24. The molecule has 0 N–H and O–H groups in total. The van der Waals surface area contributed by atoms with Crippen molar-refractivity contribution in [2.75, 3.05) is 6.61 Å². The van der Waals surface area contributed by atoms with Crippen LogP contribution in [0, 0.1) is 12.3 Å². The third-order valence-corrected chi connectivity index (χ3v) is 3.72. The van der Waals surface area contributed by atoms with Gasteiger partial charge in [0.15, 0.2) is 0 Å². The average Bonchev–Trinajstić information content (AvgIpc) is 2.59. The summed E-state index contributed by atoms with van der Waals surface area (Å²) in [6.45, 7) is 8.30. The summed E-state index contributed by atoms with van der Waals surface area (Å²) in [4.78, 5) is 0. The summed E-state index contributed by atoms with van der Waals surface area (Å²) in [5.41, 5.74) is 0.795. The molecular weight excluding hydrogens is 204 g/mol. The molecule has 0 atom stereocenters. The topological polar surface area (TPSA) is 27.1 Å². The van der Waals surface area contributed by atoms with E-state index >= 15 is 0 Å². The van der Waals surface area contributed by atoms with Crippen LogP contribution < -0.4 is 0 Å². The maximum absolute atomic E-state index is 5.52. The number of aromatic nitrogens is 2. The summed E-state index contributed by atoms with van der Waals surface area (Å²) in [7, 11) is -0.984. The van der Waals surface area contributed by atoms with E-state index < -0.39 is 8.07 Å². The van der Waals surface area contributed by atoms with Crippen LogP contribution in [0.4, 0.5) is 0 Å².